The zero-order valence-corrected chi connectivity index (χ0v) is 30.8. The number of fused-ring (bicyclic) bond motifs is 1. The van der Waals surface area contributed by atoms with E-state index in [2.05, 4.69) is 30.7 Å². The first kappa shape index (κ1) is 36.8. The molecule has 0 bridgehead atoms. The predicted octanol–water partition coefficient (Wildman–Crippen LogP) is 2.61. The summed E-state index contributed by atoms with van der Waals surface area (Å²) < 4.78 is 6.86. The second-order valence-corrected chi connectivity index (χ2v) is 14.5. The quantitative estimate of drug-likeness (QED) is 0.167. The summed E-state index contributed by atoms with van der Waals surface area (Å²) in [6, 6.07) is 17.3. The number of ether oxygens (including phenoxy) is 1. The molecule has 3 saturated heterocycles. The van der Waals surface area contributed by atoms with Crippen LogP contribution in [0, 0.1) is 5.92 Å². The lowest BCUT2D eigenvalue weighted by Crippen LogP contribution is -2.60. The fourth-order valence-corrected chi connectivity index (χ4v) is 7.69. The Bertz CT molecular complexity index is 2310. The van der Waals surface area contributed by atoms with Gasteiger partial charge in [0.15, 0.2) is 0 Å². The topological polar surface area (TPSA) is 199 Å². The number of aromatic amines is 1. The van der Waals surface area contributed by atoms with Crippen LogP contribution in [0.1, 0.15) is 22.5 Å². The maximum absolute atomic E-state index is 14.2. The first-order chi connectivity index (χ1) is 27.1. The van der Waals surface area contributed by atoms with Gasteiger partial charge in [0.2, 0.25) is 11.8 Å². The highest BCUT2D eigenvalue weighted by Crippen LogP contribution is 2.31. The number of H-pyrrole nitrogens is 1. The number of amides is 4. The summed E-state index contributed by atoms with van der Waals surface area (Å²) in [4.78, 5) is 76.1. The highest BCUT2D eigenvalue weighted by molar-refractivity contribution is 6.41. The number of benzene rings is 3. The summed E-state index contributed by atoms with van der Waals surface area (Å²) >= 11 is 6.32. The van der Waals surface area contributed by atoms with E-state index in [0.29, 0.717) is 57.6 Å². The van der Waals surface area contributed by atoms with Gasteiger partial charge in [-0.25, -0.2) is 4.79 Å². The Morgan fingerprint density at radius 3 is 2.50 bits per heavy atom. The van der Waals surface area contributed by atoms with E-state index < -0.39 is 29.7 Å². The molecule has 3 aliphatic rings. The minimum Gasteiger partial charge on any atom is -0.477 e. The number of carbonyl (C=O) groups excluding carboxylic acids is 4. The van der Waals surface area contributed by atoms with Crippen molar-refractivity contribution in [2.24, 2.45) is 5.92 Å². The first-order valence-corrected chi connectivity index (χ1v) is 18.5. The van der Waals surface area contributed by atoms with Gasteiger partial charge in [-0.1, -0.05) is 23.7 Å². The van der Waals surface area contributed by atoms with Crippen LogP contribution in [-0.2, 0) is 30.3 Å². The van der Waals surface area contributed by atoms with Gasteiger partial charge in [-0.05, 0) is 82.9 Å². The van der Waals surface area contributed by atoms with Gasteiger partial charge >= 0.3 is 17.8 Å². The van der Waals surface area contributed by atoms with E-state index in [9.17, 15) is 29.1 Å². The van der Waals surface area contributed by atoms with Crippen LogP contribution >= 0.6 is 11.6 Å². The molecule has 3 aromatic carbocycles. The van der Waals surface area contributed by atoms with E-state index in [1.165, 1.54) is 26.9 Å². The number of nitrogens with zero attached hydrogens (tertiary/aromatic N) is 8. The van der Waals surface area contributed by atoms with Gasteiger partial charge in [0.25, 0.3) is 0 Å². The smallest absolute Gasteiger partial charge is 0.352 e. The Labute approximate surface area is 324 Å². The van der Waals surface area contributed by atoms with Crippen molar-refractivity contribution in [2.75, 3.05) is 67.6 Å². The molecular formula is C38H37ClN10O7. The molecule has 56 heavy (non-hydrogen) atoms. The van der Waals surface area contributed by atoms with Crippen molar-refractivity contribution >= 4 is 69.2 Å². The van der Waals surface area contributed by atoms with E-state index in [1.807, 2.05) is 24.3 Å². The number of anilines is 3. The number of carbonyl (C=O) groups is 5. The number of tetrazole rings is 1. The normalized spacial score (nSPS) is 18.6. The molecule has 2 atom stereocenters. The van der Waals surface area contributed by atoms with Gasteiger partial charge in [-0.3, -0.25) is 24.1 Å². The second kappa shape index (κ2) is 15.5. The molecule has 0 saturated carbocycles. The maximum Gasteiger partial charge on any atom is 0.352 e. The Morgan fingerprint density at radius 2 is 1.77 bits per heavy atom. The number of nitrogens with one attached hydrogen (secondary N) is 2. The average Bonchev–Trinajstić information content (AvgIpc) is 3.99. The van der Waals surface area contributed by atoms with E-state index in [0.717, 1.165) is 38.4 Å². The largest absolute Gasteiger partial charge is 0.477 e. The number of halogens is 1. The summed E-state index contributed by atoms with van der Waals surface area (Å²) in [6.45, 7) is 3.97. The Morgan fingerprint density at radius 1 is 0.946 bits per heavy atom. The number of aromatic nitrogens is 5. The van der Waals surface area contributed by atoms with E-state index in [-0.39, 0.29) is 31.1 Å². The van der Waals surface area contributed by atoms with Crippen LogP contribution in [0.3, 0.4) is 0 Å². The number of aromatic carboxylic acids is 1. The molecule has 8 rings (SSSR count). The minimum absolute atomic E-state index is 0.0000370. The summed E-state index contributed by atoms with van der Waals surface area (Å²) in [5.41, 5.74) is 3.12. The molecule has 5 aromatic rings. The standard InChI is InChI=1S/C38H37ClN10O7/c39-26-3-8-31(49-22-40-43-44-49)32(18-26)47-12-13-48(37(53)36(47)52)33(35(51)41-27-4-7-29-25(16-27)17-30(42-29)38(54)55)15-23-1-5-28(6-2-23)46-11-10-45(20-34(46)50)19-24-9-14-56-21-24/h1-8,16-18,22,24,33,42H,9-15,19-21H2,(H,41,51)(H,54,55)/t24-,33-/m0/s1. The molecule has 0 spiro atoms. The van der Waals surface area contributed by atoms with Gasteiger partial charge in [0, 0.05) is 73.1 Å². The molecule has 288 valence electrons. The summed E-state index contributed by atoms with van der Waals surface area (Å²) in [7, 11) is 0. The fourth-order valence-electron chi connectivity index (χ4n) is 7.53. The zero-order chi connectivity index (χ0) is 38.9. The highest BCUT2D eigenvalue weighted by atomic mass is 35.5. The first-order valence-electron chi connectivity index (χ1n) is 18.1. The zero-order valence-electron chi connectivity index (χ0n) is 30.0. The third kappa shape index (κ3) is 7.56. The van der Waals surface area contributed by atoms with Crippen molar-refractivity contribution in [3.05, 3.63) is 89.3 Å². The maximum atomic E-state index is 14.2. The fraction of sp³-hybridized carbons (Fsp3) is 0.316. The molecule has 0 unspecified atom stereocenters. The lowest BCUT2D eigenvalue weighted by Gasteiger charge is -2.38. The van der Waals surface area contributed by atoms with Crippen LogP contribution in [0.4, 0.5) is 17.1 Å². The van der Waals surface area contributed by atoms with Crippen LogP contribution in [0.25, 0.3) is 16.6 Å². The third-order valence-corrected chi connectivity index (χ3v) is 10.6. The lowest BCUT2D eigenvalue weighted by atomic mass is 10.0. The minimum atomic E-state index is -1.13. The van der Waals surface area contributed by atoms with Gasteiger partial charge < -0.3 is 34.8 Å². The molecule has 3 fully saturated rings. The van der Waals surface area contributed by atoms with Gasteiger partial charge in [-0.15, -0.1) is 5.10 Å². The highest BCUT2D eigenvalue weighted by Gasteiger charge is 2.41. The van der Waals surface area contributed by atoms with Crippen molar-refractivity contribution < 1.29 is 33.8 Å². The molecule has 3 N–H and O–H groups in total. The number of hydrogen-bond acceptors (Lipinski definition) is 10. The second-order valence-electron chi connectivity index (χ2n) is 14.0. The number of hydrogen-bond donors (Lipinski definition) is 3. The Kier molecular flexibility index (Phi) is 10.2. The Balaban J connectivity index is 1.03. The van der Waals surface area contributed by atoms with Crippen molar-refractivity contribution in [2.45, 2.75) is 18.9 Å². The molecule has 0 aliphatic carbocycles. The molecule has 2 aromatic heterocycles. The number of carboxylic acid groups (broad SMARTS) is 1. The van der Waals surface area contributed by atoms with Gasteiger partial charge in [0.1, 0.15) is 18.1 Å². The van der Waals surface area contributed by atoms with Crippen molar-refractivity contribution in [3.8, 4) is 5.69 Å². The SMILES string of the molecule is O=C(O)c1cc2cc(NC(=O)[C@H](Cc3ccc(N4CCN(C[C@@H]5CCOC5)CC4=O)cc3)N3CCN(c4cc(Cl)ccc4-n4cnnn4)C(=O)C3=O)ccc2[nH]1. The summed E-state index contributed by atoms with van der Waals surface area (Å²) in [6.07, 6.45) is 2.42. The number of carboxylic acids is 1. The van der Waals surface area contributed by atoms with E-state index in [1.54, 1.807) is 41.3 Å². The lowest BCUT2D eigenvalue weighted by molar-refractivity contribution is -0.149. The van der Waals surface area contributed by atoms with Crippen LogP contribution < -0.4 is 15.1 Å². The summed E-state index contributed by atoms with van der Waals surface area (Å²) in [5.74, 6) is -2.99. The Hall–Kier alpha value is -6.17. The molecule has 18 heteroatoms. The average molecular weight is 781 g/mol. The van der Waals surface area contributed by atoms with Crippen LogP contribution in [0.5, 0.6) is 0 Å². The van der Waals surface area contributed by atoms with Crippen molar-refractivity contribution in [1.29, 1.82) is 0 Å². The molecule has 17 nitrogen and oxygen atoms in total. The van der Waals surface area contributed by atoms with Gasteiger partial charge in [-0.2, -0.15) is 4.68 Å². The van der Waals surface area contributed by atoms with Crippen LogP contribution in [0.15, 0.2) is 73.1 Å². The predicted molar refractivity (Wildman–Crippen MR) is 204 cm³/mol. The van der Waals surface area contributed by atoms with Crippen molar-refractivity contribution in [1.82, 2.24) is 35.0 Å². The molecule has 4 amide bonds. The molecular weight excluding hydrogens is 744 g/mol. The van der Waals surface area contributed by atoms with Crippen LogP contribution in [-0.4, -0.2) is 128 Å². The number of rotatable bonds is 11. The van der Waals surface area contributed by atoms with Crippen molar-refractivity contribution in [3.63, 3.8) is 0 Å². The third-order valence-electron chi connectivity index (χ3n) is 10.4. The van der Waals surface area contributed by atoms with Crippen LogP contribution in [0.2, 0.25) is 5.02 Å². The molecule has 0 radical (unpaired) electrons. The molecule has 5 heterocycles. The monoisotopic (exact) mass is 780 g/mol. The molecule has 3 aliphatic heterocycles. The van der Waals surface area contributed by atoms with Gasteiger partial charge in [0.05, 0.1) is 24.5 Å². The van der Waals surface area contributed by atoms with E-state index >= 15 is 0 Å². The summed E-state index contributed by atoms with van der Waals surface area (Å²) in [5, 5.41) is 24.5. The number of piperazine rings is 2. The van der Waals surface area contributed by atoms with E-state index in [4.69, 9.17) is 16.3 Å².